The molecule has 0 saturated carbocycles. The molecule has 1 N–H and O–H groups in total. The molecule has 0 spiro atoms. The molecular weight excluding hydrogens is 271 g/mol. The van der Waals surface area contributed by atoms with Crippen LogP contribution in [-0.2, 0) is 4.74 Å². The number of carbonyl (C=O) groups is 1. The van der Waals surface area contributed by atoms with Gasteiger partial charge in [-0.25, -0.2) is 9.18 Å². The molecule has 1 amide bonds. The number of hydrogen-bond acceptors (Lipinski definition) is 3. The van der Waals surface area contributed by atoms with E-state index in [0.29, 0.717) is 18.5 Å². The number of nitrogens with zero attached hydrogens (tertiary/aromatic N) is 1. The van der Waals surface area contributed by atoms with Crippen molar-refractivity contribution < 1.29 is 13.9 Å². The number of benzene rings is 1. The van der Waals surface area contributed by atoms with Gasteiger partial charge in [-0.3, -0.25) is 0 Å². The molecule has 0 radical (unpaired) electrons. The summed E-state index contributed by atoms with van der Waals surface area (Å²) >= 11 is 0. The summed E-state index contributed by atoms with van der Waals surface area (Å²) in [4.78, 5) is 11.4. The van der Waals surface area contributed by atoms with E-state index in [-0.39, 0.29) is 5.56 Å². The van der Waals surface area contributed by atoms with Crippen molar-refractivity contribution in [3.05, 3.63) is 41.2 Å². The SMILES string of the molecule is CC(C)(C)OC(=O)NCCC=Cc1ccc(C#N)cc1F. The molecule has 1 aromatic carbocycles. The summed E-state index contributed by atoms with van der Waals surface area (Å²) in [6, 6.07) is 6.17. The monoisotopic (exact) mass is 290 g/mol. The van der Waals surface area contributed by atoms with Crippen LogP contribution in [0.1, 0.15) is 38.3 Å². The average molecular weight is 290 g/mol. The van der Waals surface area contributed by atoms with Gasteiger partial charge in [0.05, 0.1) is 11.6 Å². The minimum Gasteiger partial charge on any atom is -0.444 e. The molecule has 21 heavy (non-hydrogen) atoms. The normalized spacial score (nSPS) is 11.2. The van der Waals surface area contributed by atoms with E-state index in [4.69, 9.17) is 10.00 Å². The second-order valence-electron chi connectivity index (χ2n) is 5.47. The van der Waals surface area contributed by atoms with Crippen LogP contribution in [0.2, 0.25) is 0 Å². The highest BCUT2D eigenvalue weighted by Crippen LogP contribution is 2.12. The van der Waals surface area contributed by atoms with Crippen molar-refractivity contribution in [1.82, 2.24) is 5.32 Å². The Morgan fingerprint density at radius 2 is 2.19 bits per heavy atom. The Morgan fingerprint density at radius 3 is 2.76 bits per heavy atom. The summed E-state index contributed by atoms with van der Waals surface area (Å²) < 4.78 is 18.7. The van der Waals surface area contributed by atoms with Gasteiger partial charge in [0.1, 0.15) is 11.4 Å². The van der Waals surface area contributed by atoms with Gasteiger partial charge in [-0.1, -0.05) is 18.2 Å². The number of carbonyl (C=O) groups excluding carboxylic acids is 1. The van der Waals surface area contributed by atoms with Gasteiger partial charge >= 0.3 is 6.09 Å². The lowest BCUT2D eigenvalue weighted by Gasteiger charge is -2.19. The molecule has 0 bridgehead atoms. The molecule has 1 aromatic rings. The molecule has 0 aliphatic heterocycles. The van der Waals surface area contributed by atoms with E-state index in [2.05, 4.69) is 5.32 Å². The number of nitriles is 1. The summed E-state index contributed by atoms with van der Waals surface area (Å²) in [5, 5.41) is 11.3. The minimum absolute atomic E-state index is 0.288. The van der Waals surface area contributed by atoms with Crippen LogP contribution in [0.4, 0.5) is 9.18 Å². The zero-order chi connectivity index (χ0) is 15.9. The number of alkyl carbamates (subject to hydrolysis) is 1. The Labute approximate surface area is 124 Å². The number of amides is 1. The highest BCUT2D eigenvalue weighted by molar-refractivity contribution is 5.67. The van der Waals surface area contributed by atoms with E-state index in [9.17, 15) is 9.18 Å². The Kier molecular flexibility index (Phi) is 5.92. The molecule has 0 heterocycles. The van der Waals surface area contributed by atoms with Crippen molar-refractivity contribution in [2.45, 2.75) is 32.8 Å². The minimum atomic E-state index is -0.522. The Balaban J connectivity index is 2.39. The molecule has 4 nitrogen and oxygen atoms in total. The summed E-state index contributed by atoms with van der Waals surface area (Å²) in [5.41, 5.74) is 0.174. The number of rotatable bonds is 4. The van der Waals surface area contributed by atoms with Crippen LogP contribution in [0.25, 0.3) is 6.08 Å². The van der Waals surface area contributed by atoms with Crippen LogP contribution in [0.3, 0.4) is 0 Å². The Hall–Kier alpha value is -2.35. The van der Waals surface area contributed by atoms with E-state index >= 15 is 0 Å². The van der Waals surface area contributed by atoms with Crippen LogP contribution < -0.4 is 5.32 Å². The topological polar surface area (TPSA) is 62.1 Å². The van der Waals surface area contributed by atoms with Crippen molar-refractivity contribution in [2.24, 2.45) is 0 Å². The molecule has 0 aliphatic carbocycles. The molecular formula is C16H19FN2O2. The Morgan fingerprint density at radius 1 is 1.48 bits per heavy atom. The first-order valence-electron chi connectivity index (χ1n) is 6.65. The van der Waals surface area contributed by atoms with E-state index in [1.807, 2.05) is 6.07 Å². The van der Waals surface area contributed by atoms with Crippen molar-refractivity contribution in [1.29, 1.82) is 5.26 Å². The van der Waals surface area contributed by atoms with E-state index in [0.717, 1.165) is 0 Å². The molecule has 0 aliphatic rings. The third-order valence-corrected chi connectivity index (χ3v) is 2.41. The summed E-state index contributed by atoms with van der Waals surface area (Å²) in [6.07, 6.45) is 3.45. The zero-order valence-electron chi connectivity index (χ0n) is 12.4. The lowest BCUT2D eigenvalue weighted by Crippen LogP contribution is -2.32. The quantitative estimate of drug-likeness (QED) is 0.861. The van der Waals surface area contributed by atoms with Gasteiger partial charge in [-0.05, 0) is 39.3 Å². The maximum atomic E-state index is 13.6. The second kappa shape index (κ2) is 7.44. The standard InChI is InChI=1S/C16H19FN2O2/c1-16(2,3)21-15(20)19-9-5-4-6-13-8-7-12(11-18)10-14(13)17/h4,6-8,10H,5,9H2,1-3H3,(H,19,20). The highest BCUT2D eigenvalue weighted by Gasteiger charge is 2.15. The van der Waals surface area contributed by atoms with Gasteiger partial charge in [-0.15, -0.1) is 0 Å². The number of ether oxygens (including phenoxy) is 1. The first-order chi connectivity index (χ1) is 9.81. The summed E-state index contributed by atoms with van der Waals surface area (Å²) in [6.45, 7) is 5.78. The van der Waals surface area contributed by atoms with Gasteiger partial charge in [0, 0.05) is 12.1 Å². The van der Waals surface area contributed by atoms with Crippen molar-refractivity contribution in [3.8, 4) is 6.07 Å². The smallest absolute Gasteiger partial charge is 0.407 e. The van der Waals surface area contributed by atoms with E-state index in [1.54, 1.807) is 45.1 Å². The van der Waals surface area contributed by atoms with Crippen molar-refractivity contribution >= 4 is 12.2 Å². The van der Waals surface area contributed by atoms with Crippen molar-refractivity contribution in [2.75, 3.05) is 6.54 Å². The summed E-state index contributed by atoms with van der Waals surface area (Å²) in [5.74, 6) is -0.439. The van der Waals surface area contributed by atoms with Gasteiger partial charge < -0.3 is 10.1 Å². The van der Waals surface area contributed by atoms with Gasteiger partial charge in [0.15, 0.2) is 0 Å². The van der Waals surface area contributed by atoms with Gasteiger partial charge in [-0.2, -0.15) is 5.26 Å². The van der Waals surface area contributed by atoms with Crippen LogP contribution in [-0.4, -0.2) is 18.2 Å². The third kappa shape index (κ3) is 6.57. The fourth-order valence-electron chi connectivity index (χ4n) is 1.51. The molecule has 0 unspecified atom stereocenters. The van der Waals surface area contributed by atoms with E-state index < -0.39 is 17.5 Å². The highest BCUT2D eigenvalue weighted by atomic mass is 19.1. The number of halogens is 1. The molecule has 0 fully saturated rings. The molecule has 0 atom stereocenters. The number of nitrogens with one attached hydrogen (secondary N) is 1. The maximum absolute atomic E-state index is 13.6. The lowest BCUT2D eigenvalue weighted by molar-refractivity contribution is 0.0529. The first-order valence-corrected chi connectivity index (χ1v) is 6.65. The van der Waals surface area contributed by atoms with Crippen molar-refractivity contribution in [3.63, 3.8) is 0 Å². The largest absolute Gasteiger partial charge is 0.444 e. The second-order valence-corrected chi connectivity index (χ2v) is 5.47. The predicted octanol–water partition coefficient (Wildman–Crippen LogP) is 3.63. The fraction of sp³-hybridized carbons (Fsp3) is 0.375. The zero-order valence-corrected chi connectivity index (χ0v) is 12.4. The van der Waals surface area contributed by atoms with E-state index in [1.165, 1.54) is 6.07 Å². The molecule has 0 saturated heterocycles. The summed E-state index contributed by atoms with van der Waals surface area (Å²) in [7, 11) is 0. The molecule has 1 rings (SSSR count). The van der Waals surface area contributed by atoms with Gasteiger partial charge in [0.2, 0.25) is 0 Å². The molecule has 112 valence electrons. The van der Waals surface area contributed by atoms with Crippen LogP contribution >= 0.6 is 0 Å². The van der Waals surface area contributed by atoms with Crippen LogP contribution in [0.5, 0.6) is 0 Å². The average Bonchev–Trinajstić information content (AvgIpc) is 2.37. The van der Waals surface area contributed by atoms with Gasteiger partial charge in [0.25, 0.3) is 0 Å². The predicted molar refractivity (Wildman–Crippen MR) is 79.0 cm³/mol. The first kappa shape index (κ1) is 16.7. The molecule has 0 aromatic heterocycles. The number of hydrogen-bond donors (Lipinski definition) is 1. The third-order valence-electron chi connectivity index (χ3n) is 2.41. The Bertz CT molecular complexity index is 569. The van der Waals surface area contributed by atoms with Crippen LogP contribution in [0, 0.1) is 17.1 Å². The van der Waals surface area contributed by atoms with Crippen LogP contribution in [0.15, 0.2) is 24.3 Å². The lowest BCUT2D eigenvalue weighted by atomic mass is 10.1. The maximum Gasteiger partial charge on any atom is 0.407 e. The fourth-order valence-corrected chi connectivity index (χ4v) is 1.51. The molecule has 5 heteroatoms.